The van der Waals surface area contributed by atoms with Crippen LogP contribution in [0.1, 0.15) is 52.0 Å². The average molecular weight is 618 g/mol. The zero-order valence-corrected chi connectivity index (χ0v) is 24.3. The van der Waals surface area contributed by atoms with E-state index in [0.29, 0.717) is 24.1 Å². The molecular weight excluding hydrogens is 585 g/mol. The van der Waals surface area contributed by atoms with E-state index in [4.69, 9.17) is 0 Å². The third-order valence-corrected chi connectivity index (χ3v) is 8.41. The molecule has 2 heterocycles. The van der Waals surface area contributed by atoms with Crippen LogP contribution >= 0.6 is 0 Å². The first-order chi connectivity index (χ1) is 19.5. The molecule has 4 rings (SSSR count). The molecule has 1 aliphatic carbocycles. The summed E-state index contributed by atoms with van der Waals surface area (Å²) in [5.74, 6) is -3.59. The first-order valence-electron chi connectivity index (χ1n) is 13.3. The van der Waals surface area contributed by atoms with Crippen LogP contribution in [0, 0.1) is 11.6 Å². The summed E-state index contributed by atoms with van der Waals surface area (Å²) in [4.78, 5) is 28.7. The first-order valence-corrected chi connectivity index (χ1v) is 15.0. The Kier molecular flexibility index (Phi) is 9.06. The van der Waals surface area contributed by atoms with Gasteiger partial charge < -0.3 is 10.2 Å². The molecule has 230 valence electrons. The highest BCUT2D eigenvalue weighted by atomic mass is 32.2. The highest BCUT2D eigenvalue weighted by Gasteiger charge is 2.31. The number of hydrogen-bond donors (Lipinski definition) is 2. The molecule has 1 aromatic carbocycles. The van der Waals surface area contributed by atoms with Gasteiger partial charge in [-0.05, 0) is 59.7 Å². The highest BCUT2D eigenvalue weighted by molar-refractivity contribution is 7.92. The van der Waals surface area contributed by atoms with Gasteiger partial charge in [0.1, 0.15) is 22.8 Å². The van der Waals surface area contributed by atoms with Crippen LogP contribution in [-0.2, 0) is 10.0 Å². The van der Waals surface area contributed by atoms with Crippen LogP contribution in [0.15, 0.2) is 23.1 Å². The Morgan fingerprint density at radius 3 is 2.33 bits per heavy atom. The predicted molar refractivity (Wildman–Crippen MR) is 149 cm³/mol. The van der Waals surface area contributed by atoms with Gasteiger partial charge in [-0.25, -0.2) is 27.2 Å². The molecule has 0 spiro atoms. The smallest absolute Gasteiger partial charge is 0.351 e. The van der Waals surface area contributed by atoms with E-state index in [-0.39, 0.29) is 17.2 Å². The molecule has 0 radical (unpaired) electrons. The molecule has 0 unspecified atom stereocenters. The van der Waals surface area contributed by atoms with Gasteiger partial charge in [-0.1, -0.05) is 0 Å². The van der Waals surface area contributed by atoms with Crippen LogP contribution in [0.5, 0.6) is 0 Å². The number of anilines is 2. The average Bonchev–Trinajstić information content (AvgIpc) is 2.89. The summed E-state index contributed by atoms with van der Waals surface area (Å²) < 4.78 is 94.2. The molecule has 10 nitrogen and oxygen atoms in total. The second-order valence-electron chi connectivity index (χ2n) is 10.8. The van der Waals surface area contributed by atoms with Gasteiger partial charge in [0.2, 0.25) is 16.0 Å². The Morgan fingerprint density at radius 1 is 1.07 bits per heavy atom. The molecule has 0 amide bonds. The molecule has 1 fully saturated rings. The topological polar surface area (TPSA) is 122 Å². The predicted octanol–water partition coefficient (Wildman–Crippen LogP) is 4.69. The SMILES string of the molecule is CC(C)n1c(=O)c(-c2cc(F)c(NS(=O)(=O)CCC(F)(F)F)cc2F)nc2cnc(NC3CCC(N(C)C)CC3)nc21. The third-order valence-electron chi connectivity index (χ3n) is 7.14. The van der Waals surface area contributed by atoms with Crippen LogP contribution in [-0.4, -0.2) is 70.9 Å². The second kappa shape index (κ2) is 12.1. The summed E-state index contributed by atoms with van der Waals surface area (Å²) in [6.07, 6.45) is -1.21. The van der Waals surface area contributed by atoms with Crippen molar-refractivity contribution in [1.82, 2.24) is 24.4 Å². The van der Waals surface area contributed by atoms with Gasteiger partial charge >= 0.3 is 6.18 Å². The second-order valence-corrected chi connectivity index (χ2v) is 12.7. The van der Waals surface area contributed by atoms with E-state index in [1.165, 1.54) is 10.8 Å². The monoisotopic (exact) mass is 617 g/mol. The lowest BCUT2D eigenvalue weighted by Crippen LogP contribution is -2.36. The third kappa shape index (κ3) is 7.32. The van der Waals surface area contributed by atoms with Crippen molar-refractivity contribution < 1.29 is 30.4 Å². The molecule has 0 saturated heterocycles. The van der Waals surface area contributed by atoms with Crippen molar-refractivity contribution in [1.29, 1.82) is 0 Å². The van der Waals surface area contributed by atoms with E-state index in [0.717, 1.165) is 25.7 Å². The molecule has 0 aliphatic heterocycles. The Morgan fingerprint density at radius 2 is 1.74 bits per heavy atom. The summed E-state index contributed by atoms with van der Waals surface area (Å²) in [6.45, 7) is 3.41. The number of nitrogens with zero attached hydrogens (tertiary/aromatic N) is 5. The molecule has 1 aliphatic rings. The lowest BCUT2D eigenvalue weighted by Gasteiger charge is -2.32. The molecule has 0 bridgehead atoms. The van der Waals surface area contributed by atoms with Gasteiger partial charge in [0.15, 0.2) is 5.65 Å². The first kappa shape index (κ1) is 31.5. The Hall–Kier alpha value is -3.40. The highest BCUT2D eigenvalue weighted by Crippen LogP contribution is 2.29. The number of nitrogens with one attached hydrogen (secondary N) is 2. The van der Waals surface area contributed by atoms with Crippen molar-refractivity contribution in [3.8, 4) is 11.3 Å². The van der Waals surface area contributed by atoms with Gasteiger partial charge in [-0.3, -0.25) is 14.1 Å². The molecule has 42 heavy (non-hydrogen) atoms. The molecular formula is C26H32F5N7O3S. The normalized spacial score (nSPS) is 18.2. The van der Waals surface area contributed by atoms with Gasteiger partial charge in [-0.2, -0.15) is 18.2 Å². The zero-order chi connectivity index (χ0) is 31.0. The van der Waals surface area contributed by atoms with E-state index < -0.39 is 68.6 Å². The fourth-order valence-corrected chi connectivity index (χ4v) is 6.01. The minimum atomic E-state index is -4.76. The zero-order valence-electron chi connectivity index (χ0n) is 23.5. The summed E-state index contributed by atoms with van der Waals surface area (Å²) in [6, 6.07) is 1.20. The van der Waals surface area contributed by atoms with Crippen molar-refractivity contribution >= 4 is 32.8 Å². The fourth-order valence-electron chi connectivity index (χ4n) is 4.92. The number of aromatic nitrogens is 4. The van der Waals surface area contributed by atoms with Crippen LogP contribution in [0.4, 0.5) is 33.6 Å². The van der Waals surface area contributed by atoms with Crippen LogP contribution < -0.4 is 15.6 Å². The van der Waals surface area contributed by atoms with E-state index >= 15 is 4.39 Å². The minimum Gasteiger partial charge on any atom is -0.351 e. The number of fused-ring (bicyclic) bond motifs is 1. The van der Waals surface area contributed by atoms with Crippen LogP contribution in [0.2, 0.25) is 0 Å². The van der Waals surface area contributed by atoms with Crippen LogP contribution in [0.3, 0.4) is 0 Å². The Balaban J connectivity index is 1.66. The standard InChI is InChI=1S/C26H32F5N7O3S/c1-14(2)38-23-21(13-32-25(35-23)33-15-5-7-16(8-6-15)37(3)4)34-22(24(38)39)17-11-19(28)20(12-18(17)27)36-42(40,41)10-9-26(29,30)31/h11-16,36H,5-10H2,1-4H3,(H,32,33,35). The molecule has 3 aromatic rings. The summed E-state index contributed by atoms with van der Waals surface area (Å²) in [5, 5.41) is 3.31. The van der Waals surface area contributed by atoms with E-state index in [9.17, 15) is 30.8 Å². The number of alkyl halides is 3. The summed E-state index contributed by atoms with van der Waals surface area (Å²) in [7, 11) is -0.541. The van der Waals surface area contributed by atoms with Gasteiger partial charge in [0, 0.05) is 29.8 Å². The number of sulfonamides is 1. The van der Waals surface area contributed by atoms with Crippen molar-refractivity contribution in [2.24, 2.45) is 0 Å². The number of halogens is 5. The van der Waals surface area contributed by atoms with Gasteiger partial charge in [-0.15, -0.1) is 0 Å². The maximum Gasteiger partial charge on any atom is 0.390 e. The summed E-state index contributed by atoms with van der Waals surface area (Å²) in [5.41, 5.74) is -2.38. The lowest BCUT2D eigenvalue weighted by molar-refractivity contribution is -0.129. The van der Waals surface area contributed by atoms with E-state index in [2.05, 4.69) is 39.3 Å². The van der Waals surface area contributed by atoms with Crippen molar-refractivity contribution in [3.05, 3.63) is 40.3 Å². The minimum absolute atomic E-state index is 0.136. The molecule has 2 aromatic heterocycles. The number of rotatable bonds is 9. The molecule has 0 atom stereocenters. The Labute approximate surface area is 239 Å². The van der Waals surface area contributed by atoms with Crippen molar-refractivity contribution in [2.75, 3.05) is 29.9 Å². The maximum absolute atomic E-state index is 15.2. The van der Waals surface area contributed by atoms with Crippen LogP contribution in [0.25, 0.3) is 22.4 Å². The Bertz CT molecular complexity index is 1620. The lowest BCUT2D eigenvalue weighted by atomic mass is 9.91. The van der Waals surface area contributed by atoms with Crippen molar-refractivity contribution in [2.45, 2.75) is 70.3 Å². The maximum atomic E-state index is 15.2. The summed E-state index contributed by atoms with van der Waals surface area (Å²) >= 11 is 0. The molecule has 2 N–H and O–H groups in total. The number of hydrogen-bond acceptors (Lipinski definition) is 8. The molecule has 16 heteroatoms. The van der Waals surface area contributed by atoms with E-state index in [1.54, 1.807) is 18.6 Å². The van der Waals surface area contributed by atoms with Gasteiger partial charge in [0.05, 0.1) is 24.1 Å². The molecule has 1 saturated carbocycles. The fraction of sp³-hybridized carbons (Fsp3) is 0.538. The quantitative estimate of drug-likeness (QED) is 0.332. The largest absolute Gasteiger partial charge is 0.390 e. The van der Waals surface area contributed by atoms with Gasteiger partial charge in [0.25, 0.3) is 5.56 Å². The number of benzene rings is 1. The van der Waals surface area contributed by atoms with E-state index in [1.807, 2.05) is 0 Å². The van der Waals surface area contributed by atoms with Crippen molar-refractivity contribution in [3.63, 3.8) is 0 Å².